The summed E-state index contributed by atoms with van der Waals surface area (Å²) in [6, 6.07) is 27.5. The number of ether oxygens (including phenoxy) is 4. The van der Waals surface area contributed by atoms with Crippen LogP contribution in [-0.4, -0.2) is 97.2 Å². The van der Waals surface area contributed by atoms with E-state index in [0.29, 0.717) is 71.3 Å². The first-order valence-electron chi connectivity index (χ1n) is 22.3. The number of hydrogen-bond donors (Lipinski definition) is 2. The van der Waals surface area contributed by atoms with Crippen molar-refractivity contribution in [2.24, 2.45) is 15.9 Å². The van der Waals surface area contributed by atoms with Gasteiger partial charge in [-0.15, -0.1) is 4.73 Å². The lowest BCUT2D eigenvalue weighted by Gasteiger charge is -2.31. The molecule has 5 heterocycles. The van der Waals surface area contributed by atoms with Gasteiger partial charge in [-0.1, -0.05) is 36.4 Å². The van der Waals surface area contributed by atoms with Gasteiger partial charge in [0.2, 0.25) is 17.7 Å². The van der Waals surface area contributed by atoms with E-state index in [1.807, 2.05) is 89.8 Å². The summed E-state index contributed by atoms with van der Waals surface area (Å²) in [4.78, 5) is 61.4. The molecule has 344 valence electrons. The molecule has 16 heteroatoms. The SMILES string of the molecule is COc1cc2c(cc1OCc1cc(COC3=CC4=NCC5Cc6ccccc6N5C(=O)C4CC3OC)cc(N(C)CCCC(=O)On3c(O)ccc3O)c1)N=CC1Cc3ccccc3N1C2=O. The highest BCUT2D eigenvalue weighted by atomic mass is 16.7. The van der Waals surface area contributed by atoms with Crippen LogP contribution in [0.2, 0.25) is 0 Å². The smallest absolute Gasteiger partial charge is 0.333 e. The van der Waals surface area contributed by atoms with Gasteiger partial charge in [-0.25, -0.2) is 4.79 Å². The maximum atomic E-state index is 14.1. The molecule has 0 spiro atoms. The Morgan fingerprint density at radius 1 is 0.836 bits per heavy atom. The molecule has 1 aliphatic carbocycles. The number of fused-ring (bicyclic) bond motifs is 8. The van der Waals surface area contributed by atoms with E-state index >= 15 is 0 Å². The van der Waals surface area contributed by atoms with Crippen LogP contribution in [0.5, 0.6) is 23.3 Å². The van der Waals surface area contributed by atoms with Gasteiger partial charge in [0.25, 0.3) is 5.91 Å². The molecule has 2 amide bonds. The molecule has 10 rings (SSSR count). The molecule has 4 unspecified atom stereocenters. The molecule has 0 saturated carbocycles. The van der Waals surface area contributed by atoms with Gasteiger partial charge in [0.1, 0.15) is 25.1 Å². The van der Waals surface area contributed by atoms with Gasteiger partial charge < -0.3 is 43.8 Å². The Morgan fingerprint density at radius 2 is 1.54 bits per heavy atom. The van der Waals surface area contributed by atoms with E-state index in [9.17, 15) is 24.6 Å². The lowest BCUT2D eigenvalue weighted by molar-refractivity contribution is -0.145. The monoisotopic (exact) mass is 906 g/mol. The molecule has 0 saturated heterocycles. The number of methoxy groups -OCH3 is 2. The van der Waals surface area contributed by atoms with Crippen molar-refractivity contribution in [2.75, 3.05) is 49.1 Å². The van der Waals surface area contributed by atoms with Crippen molar-refractivity contribution in [1.29, 1.82) is 0 Å². The van der Waals surface area contributed by atoms with Crippen molar-refractivity contribution < 1.29 is 48.4 Å². The molecular formula is C51H50N6O10. The maximum Gasteiger partial charge on any atom is 0.333 e. The van der Waals surface area contributed by atoms with Crippen molar-refractivity contribution in [3.63, 3.8) is 0 Å². The first kappa shape index (κ1) is 43.3. The number of hydrogen-bond acceptors (Lipinski definition) is 13. The van der Waals surface area contributed by atoms with E-state index in [-0.39, 0.29) is 43.5 Å². The van der Waals surface area contributed by atoms with Crippen molar-refractivity contribution in [2.45, 2.75) is 63.5 Å². The lowest BCUT2D eigenvalue weighted by atomic mass is 9.88. The van der Waals surface area contributed by atoms with Gasteiger partial charge >= 0.3 is 5.97 Å². The minimum absolute atomic E-state index is 0.0132. The number of aromatic hydroxyl groups is 2. The molecule has 0 fully saturated rings. The molecule has 2 N–H and O–H groups in total. The Balaban J connectivity index is 0.885. The fraction of sp³-hybridized carbons (Fsp3) is 0.314. The fourth-order valence-electron chi connectivity index (χ4n) is 9.68. The number of allylic oxidation sites excluding steroid dienone is 1. The predicted molar refractivity (Wildman–Crippen MR) is 250 cm³/mol. The zero-order chi connectivity index (χ0) is 46.3. The van der Waals surface area contributed by atoms with Gasteiger partial charge in [0.05, 0.1) is 48.6 Å². The Labute approximate surface area is 386 Å². The van der Waals surface area contributed by atoms with Gasteiger partial charge in [0, 0.05) is 81.1 Å². The molecule has 1 aromatic heterocycles. The molecule has 5 aromatic rings. The van der Waals surface area contributed by atoms with Crippen LogP contribution in [0.25, 0.3) is 0 Å². The summed E-state index contributed by atoms with van der Waals surface area (Å²) in [5.41, 5.74) is 8.10. The second-order valence-electron chi connectivity index (χ2n) is 17.3. The molecule has 4 atom stereocenters. The summed E-state index contributed by atoms with van der Waals surface area (Å²) in [5, 5.41) is 19.8. The zero-order valence-corrected chi connectivity index (χ0v) is 37.3. The number of rotatable bonds is 14. The van der Waals surface area contributed by atoms with Crippen LogP contribution in [0.15, 0.2) is 113 Å². The van der Waals surface area contributed by atoms with Crippen LogP contribution < -0.4 is 29.0 Å². The van der Waals surface area contributed by atoms with E-state index in [0.717, 1.165) is 45.7 Å². The minimum Gasteiger partial charge on any atom is -0.493 e. The normalized spacial score (nSPS) is 20.0. The third kappa shape index (κ3) is 8.33. The topological polar surface area (TPSA) is 177 Å². The third-order valence-corrected chi connectivity index (χ3v) is 13.1. The van der Waals surface area contributed by atoms with Gasteiger partial charge in [-0.3, -0.25) is 24.5 Å². The summed E-state index contributed by atoms with van der Waals surface area (Å²) in [7, 11) is 5.06. The molecule has 4 aromatic carbocycles. The minimum atomic E-state index is -0.627. The summed E-state index contributed by atoms with van der Waals surface area (Å²) in [5.74, 6) is -0.638. The quantitative estimate of drug-likeness (QED) is 0.125. The van der Waals surface area contributed by atoms with E-state index in [4.69, 9.17) is 33.8 Å². The third-order valence-electron chi connectivity index (χ3n) is 13.1. The molecular weight excluding hydrogens is 857 g/mol. The van der Waals surface area contributed by atoms with Crippen molar-refractivity contribution in [3.8, 4) is 23.3 Å². The summed E-state index contributed by atoms with van der Waals surface area (Å²) in [6.07, 6.45) is 5.44. The Morgan fingerprint density at radius 3 is 2.27 bits per heavy atom. The van der Waals surface area contributed by atoms with Crippen LogP contribution in [0.4, 0.5) is 22.7 Å². The number of para-hydroxylation sites is 2. The first-order chi connectivity index (χ1) is 32.6. The zero-order valence-electron chi connectivity index (χ0n) is 37.3. The number of anilines is 3. The number of aliphatic imine (C=N–C) groups is 2. The van der Waals surface area contributed by atoms with E-state index in [2.05, 4.69) is 6.07 Å². The van der Waals surface area contributed by atoms with E-state index in [1.54, 1.807) is 24.1 Å². The van der Waals surface area contributed by atoms with Crippen molar-refractivity contribution in [1.82, 2.24) is 4.73 Å². The van der Waals surface area contributed by atoms with Crippen LogP contribution >= 0.6 is 0 Å². The molecule has 4 aliphatic heterocycles. The fourth-order valence-corrected chi connectivity index (χ4v) is 9.68. The van der Waals surface area contributed by atoms with E-state index < -0.39 is 29.8 Å². The average Bonchev–Trinajstić information content (AvgIpc) is 3.96. The van der Waals surface area contributed by atoms with Crippen LogP contribution in [-0.2, 0) is 45.1 Å². The number of carbonyl (C=O) groups is 3. The highest BCUT2D eigenvalue weighted by Gasteiger charge is 2.44. The van der Waals surface area contributed by atoms with Crippen LogP contribution in [0.1, 0.15) is 51.9 Å². The molecule has 67 heavy (non-hydrogen) atoms. The first-order valence-corrected chi connectivity index (χ1v) is 22.3. The number of benzene rings is 4. The molecule has 16 nitrogen and oxygen atoms in total. The second-order valence-corrected chi connectivity index (χ2v) is 17.3. The Kier molecular flexibility index (Phi) is 11.6. The largest absolute Gasteiger partial charge is 0.493 e. The standard InChI is InChI=1S/C51H50N6O10/c1-54(16-8-13-49(60)67-57-47(58)14-15-48(57)59)34-18-30(28-65-45-24-39-37(22-43(45)63-2)50(61)55-35(26-52-39)20-32-9-4-6-11-41(32)55)17-31(19-34)29-66-46-25-40-38(23-44(46)64-3)51(62)56-36(27-53-40)21-33-10-5-7-12-42(33)56/h4-7,9-12,14-15,17-19,22,24-26,35-36,38,44,58-59H,8,13,16,20-21,23,27-29H2,1-3H3. The number of aromatic nitrogens is 1. The summed E-state index contributed by atoms with van der Waals surface area (Å²) >= 11 is 0. The molecule has 5 aliphatic rings. The summed E-state index contributed by atoms with van der Waals surface area (Å²) < 4.78 is 25.4. The summed E-state index contributed by atoms with van der Waals surface area (Å²) in [6.45, 7) is 1.21. The van der Waals surface area contributed by atoms with Gasteiger partial charge in [-0.05, 0) is 77.9 Å². The Bertz CT molecular complexity index is 2850. The van der Waals surface area contributed by atoms with Gasteiger partial charge in [0.15, 0.2) is 11.5 Å². The molecule has 0 radical (unpaired) electrons. The Hall–Kier alpha value is -7.59. The molecule has 0 bridgehead atoms. The van der Waals surface area contributed by atoms with Crippen LogP contribution in [0.3, 0.4) is 0 Å². The maximum absolute atomic E-state index is 14.1. The van der Waals surface area contributed by atoms with Gasteiger partial charge in [-0.2, -0.15) is 0 Å². The highest BCUT2D eigenvalue weighted by Crippen LogP contribution is 2.42. The number of nitrogens with zero attached hydrogens (tertiary/aromatic N) is 6. The number of carbonyl (C=O) groups excluding carboxylic acids is 3. The highest BCUT2D eigenvalue weighted by molar-refractivity contribution is 6.17. The van der Waals surface area contributed by atoms with Crippen molar-refractivity contribution >= 4 is 52.5 Å². The van der Waals surface area contributed by atoms with Crippen LogP contribution in [0, 0.1) is 5.92 Å². The van der Waals surface area contributed by atoms with E-state index in [1.165, 1.54) is 19.2 Å². The van der Waals surface area contributed by atoms with Crippen molar-refractivity contribution in [3.05, 3.63) is 131 Å². The average molecular weight is 907 g/mol. The predicted octanol–water partition coefficient (Wildman–Crippen LogP) is 6.49. The number of amides is 2. The second kappa shape index (κ2) is 18.0. The lowest BCUT2D eigenvalue weighted by Crippen LogP contribution is -2.44.